The number of nitrogens with zero attached hydrogens (tertiary/aromatic N) is 2. The summed E-state index contributed by atoms with van der Waals surface area (Å²) >= 11 is 0. The van der Waals surface area contributed by atoms with Gasteiger partial charge in [0.1, 0.15) is 5.82 Å². The lowest BCUT2D eigenvalue weighted by Gasteiger charge is -2.04. The van der Waals surface area contributed by atoms with Gasteiger partial charge in [0.25, 0.3) is 0 Å². The third kappa shape index (κ3) is 3.87. The molecule has 16 heavy (non-hydrogen) atoms. The predicted molar refractivity (Wildman–Crippen MR) is 62.1 cm³/mol. The molecule has 4 heteroatoms. The average molecular weight is 221 g/mol. The summed E-state index contributed by atoms with van der Waals surface area (Å²) in [6.45, 7) is 4.31. The van der Waals surface area contributed by atoms with Gasteiger partial charge in [-0.3, -0.25) is 0 Å². The van der Waals surface area contributed by atoms with Gasteiger partial charge in [0.15, 0.2) is 0 Å². The van der Waals surface area contributed by atoms with Crippen molar-refractivity contribution in [2.24, 2.45) is 0 Å². The highest BCUT2D eigenvalue weighted by atomic mass is 16.5. The van der Waals surface area contributed by atoms with Gasteiger partial charge < -0.3 is 10.1 Å². The molecule has 4 nitrogen and oxygen atoms in total. The highest BCUT2D eigenvalue weighted by molar-refractivity contribution is 5.03. The van der Waals surface area contributed by atoms with Crippen LogP contribution in [0.15, 0.2) is 12.3 Å². The predicted octanol–water partition coefficient (Wildman–Crippen LogP) is 1.31. The van der Waals surface area contributed by atoms with Gasteiger partial charge in [0.2, 0.25) is 0 Å². The quantitative estimate of drug-likeness (QED) is 0.705. The first-order chi connectivity index (χ1) is 7.88. The SMILES string of the molecule is CCOCCc1nccc(CNC2CC2)n1. The summed E-state index contributed by atoms with van der Waals surface area (Å²) < 4.78 is 5.29. The number of ether oxygens (including phenoxy) is 1. The number of rotatable bonds is 7. The molecule has 88 valence electrons. The van der Waals surface area contributed by atoms with Crippen LogP contribution in [0.1, 0.15) is 31.3 Å². The number of hydrogen-bond acceptors (Lipinski definition) is 4. The second kappa shape index (κ2) is 5.92. The first-order valence-corrected chi connectivity index (χ1v) is 6.00. The van der Waals surface area contributed by atoms with Gasteiger partial charge in [-0.05, 0) is 25.8 Å². The molecule has 1 aromatic heterocycles. The van der Waals surface area contributed by atoms with Gasteiger partial charge in [-0.15, -0.1) is 0 Å². The van der Waals surface area contributed by atoms with Crippen LogP contribution in [0.25, 0.3) is 0 Å². The van der Waals surface area contributed by atoms with Gasteiger partial charge in [-0.1, -0.05) is 0 Å². The molecule has 1 aliphatic rings. The standard InChI is InChI=1S/C12H19N3O/c1-2-16-8-6-12-13-7-5-11(15-12)9-14-10-3-4-10/h5,7,10,14H,2-4,6,8-9H2,1H3. The molecular formula is C12H19N3O. The molecule has 0 aliphatic heterocycles. The molecule has 0 amide bonds. The Morgan fingerprint density at radius 2 is 2.38 bits per heavy atom. The number of nitrogens with one attached hydrogen (secondary N) is 1. The molecule has 1 fully saturated rings. The molecule has 0 saturated heterocycles. The van der Waals surface area contributed by atoms with Crippen LogP contribution in [-0.2, 0) is 17.7 Å². The van der Waals surface area contributed by atoms with E-state index >= 15 is 0 Å². The monoisotopic (exact) mass is 221 g/mol. The average Bonchev–Trinajstić information content (AvgIpc) is 3.11. The molecule has 0 atom stereocenters. The van der Waals surface area contributed by atoms with Crippen molar-refractivity contribution in [1.82, 2.24) is 15.3 Å². The molecule has 0 bridgehead atoms. The molecule has 2 rings (SSSR count). The summed E-state index contributed by atoms with van der Waals surface area (Å²) in [5.41, 5.74) is 1.08. The Bertz CT molecular complexity index is 326. The highest BCUT2D eigenvalue weighted by Crippen LogP contribution is 2.18. The van der Waals surface area contributed by atoms with Crippen molar-refractivity contribution >= 4 is 0 Å². The first kappa shape index (κ1) is 11.5. The Morgan fingerprint density at radius 3 is 3.12 bits per heavy atom. The van der Waals surface area contributed by atoms with E-state index < -0.39 is 0 Å². The molecule has 0 radical (unpaired) electrons. The van der Waals surface area contributed by atoms with Crippen molar-refractivity contribution in [2.45, 2.75) is 38.8 Å². The molecule has 0 spiro atoms. The van der Waals surface area contributed by atoms with Crippen LogP contribution >= 0.6 is 0 Å². The van der Waals surface area contributed by atoms with Crippen molar-refractivity contribution in [3.05, 3.63) is 23.8 Å². The lowest BCUT2D eigenvalue weighted by atomic mass is 10.3. The van der Waals surface area contributed by atoms with Crippen LogP contribution in [0, 0.1) is 0 Å². The summed E-state index contributed by atoms with van der Waals surface area (Å²) in [7, 11) is 0. The zero-order chi connectivity index (χ0) is 11.2. The van der Waals surface area contributed by atoms with Gasteiger partial charge in [0, 0.05) is 31.8 Å². The largest absolute Gasteiger partial charge is 0.381 e. The Kier molecular flexibility index (Phi) is 4.25. The smallest absolute Gasteiger partial charge is 0.130 e. The third-order valence-electron chi connectivity index (χ3n) is 2.59. The molecule has 1 aromatic rings. The number of aromatic nitrogens is 2. The van der Waals surface area contributed by atoms with Gasteiger partial charge in [-0.25, -0.2) is 9.97 Å². The number of hydrogen-bond donors (Lipinski definition) is 1. The van der Waals surface area contributed by atoms with Crippen LogP contribution in [0.4, 0.5) is 0 Å². The van der Waals surface area contributed by atoms with E-state index in [1.54, 1.807) is 0 Å². The Labute approximate surface area is 96.4 Å². The third-order valence-corrected chi connectivity index (χ3v) is 2.59. The van der Waals surface area contributed by atoms with E-state index in [-0.39, 0.29) is 0 Å². The molecule has 1 heterocycles. The minimum absolute atomic E-state index is 0.704. The van der Waals surface area contributed by atoms with Crippen molar-refractivity contribution in [3.8, 4) is 0 Å². The Balaban J connectivity index is 1.80. The van der Waals surface area contributed by atoms with Crippen LogP contribution in [0.2, 0.25) is 0 Å². The summed E-state index contributed by atoms with van der Waals surface area (Å²) in [5.74, 6) is 0.878. The molecular weight excluding hydrogens is 202 g/mol. The highest BCUT2D eigenvalue weighted by Gasteiger charge is 2.20. The zero-order valence-corrected chi connectivity index (χ0v) is 9.78. The Morgan fingerprint density at radius 1 is 1.50 bits per heavy atom. The minimum Gasteiger partial charge on any atom is -0.381 e. The van der Waals surface area contributed by atoms with E-state index in [1.165, 1.54) is 12.8 Å². The van der Waals surface area contributed by atoms with Crippen LogP contribution in [0.3, 0.4) is 0 Å². The van der Waals surface area contributed by atoms with E-state index in [1.807, 2.05) is 19.2 Å². The summed E-state index contributed by atoms with van der Waals surface area (Å²) in [6.07, 6.45) is 5.24. The Hall–Kier alpha value is -1.00. The molecule has 1 saturated carbocycles. The van der Waals surface area contributed by atoms with E-state index in [2.05, 4.69) is 15.3 Å². The van der Waals surface area contributed by atoms with Gasteiger partial charge >= 0.3 is 0 Å². The van der Waals surface area contributed by atoms with E-state index in [9.17, 15) is 0 Å². The molecule has 0 aromatic carbocycles. The molecule has 1 aliphatic carbocycles. The lowest BCUT2D eigenvalue weighted by molar-refractivity contribution is 0.149. The normalized spacial score (nSPS) is 15.3. The molecule has 1 N–H and O–H groups in total. The first-order valence-electron chi connectivity index (χ1n) is 6.00. The fourth-order valence-electron chi connectivity index (χ4n) is 1.50. The van der Waals surface area contributed by atoms with Crippen molar-refractivity contribution in [2.75, 3.05) is 13.2 Å². The van der Waals surface area contributed by atoms with Crippen LogP contribution in [0.5, 0.6) is 0 Å². The van der Waals surface area contributed by atoms with Crippen molar-refractivity contribution in [1.29, 1.82) is 0 Å². The van der Waals surface area contributed by atoms with E-state index in [4.69, 9.17) is 4.74 Å². The zero-order valence-electron chi connectivity index (χ0n) is 9.78. The summed E-state index contributed by atoms with van der Waals surface area (Å²) in [5, 5.41) is 3.45. The van der Waals surface area contributed by atoms with Gasteiger partial charge in [0.05, 0.1) is 12.3 Å². The fourth-order valence-corrected chi connectivity index (χ4v) is 1.50. The minimum atomic E-state index is 0.704. The van der Waals surface area contributed by atoms with Crippen molar-refractivity contribution in [3.63, 3.8) is 0 Å². The van der Waals surface area contributed by atoms with Crippen LogP contribution in [-0.4, -0.2) is 29.2 Å². The maximum absolute atomic E-state index is 5.29. The lowest BCUT2D eigenvalue weighted by Crippen LogP contribution is -2.17. The topological polar surface area (TPSA) is 47.0 Å². The maximum Gasteiger partial charge on any atom is 0.130 e. The van der Waals surface area contributed by atoms with E-state index in [0.29, 0.717) is 6.61 Å². The summed E-state index contributed by atoms with van der Waals surface area (Å²) in [6, 6.07) is 2.70. The second-order valence-corrected chi connectivity index (χ2v) is 4.07. The summed E-state index contributed by atoms with van der Waals surface area (Å²) in [4.78, 5) is 8.73. The maximum atomic E-state index is 5.29. The van der Waals surface area contributed by atoms with Gasteiger partial charge in [-0.2, -0.15) is 0 Å². The van der Waals surface area contributed by atoms with E-state index in [0.717, 1.165) is 37.1 Å². The van der Waals surface area contributed by atoms with Crippen LogP contribution < -0.4 is 5.32 Å². The fraction of sp³-hybridized carbons (Fsp3) is 0.667. The molecule has 0 unspecified atom stereocenters. The van der Waals surface area contributed by atoms with Crippen molar-refractivity contribution < 1.29 is 4.74 Å². The second-order valence-electron chi connectivity index (χ2n) is 4.07.